The molecule has 3 aromatic rings. The minimum atomic E-state index is -0.775. The van der Waals surface area contributed by atoms with Gasteiger partial charge in [0.15, 0.2) is 17.3 Å². The number of methoxy groups -OCH3 is 1. The molecule has 144 valence electrons. The molecule has 7 nitrogen and oxygen atoms in total. The molecule has 0 saturated carbocycles. The van der Waals surface area contributed by atoms with Gasteiger partial charge in [-0.05, 0) is 29.8 Å². The van der Waals surface area contributed by atoms with Crippen LogP contribution in [0.5, 0.6) is 0 Å². The number of aromatic nitrogens is 3. The first-order valence-corrected chi connectivity index (χ1v) is 8.60. The fourth-order valence-corrected chi connectivity index (χ4v) is 2.76. The average molecular weight is 382 g/mol. The van der Waals surface area contributed by atoms with E-state index in [4.69, 9.17) is 4.74 Å². The topological polar surface area (TPSA) is 86.1 Å². The number of nitrogens with zero attached hydrogens (tertiary/aromatic N) is 3. The Morgan fingerprint density at radius 3 is 2.43 bits per heavy atom. The zero-order chi connectivity index (χ0) is 20.1. The van der Waals surface area contributed by atoms with Gasteiger partial charge in [-0.3, -0.25) is 4.79 Å². The van der Waals surface area contributed by atoms with Crippen LogP contribution in [0.2, 0.25) is 0 Å². The van der Waals surface area contributed by atoms with Crippen LogP contribution in [0.15, 0.2) is 54.6 Å². The van der Waals surface area contributed by atoms with Crippen molar-refractivity contribution >= 4 is 17.6 Å². The summed E-state index contributed by atoms with van der Waals surface area (Å²) in [6.07, 6.45) is 0.333. The number of carbonyl (C=O) groups is 2. The lowest BCUT2D eigenvalue weighted by Gasteiger charge is -2.19. The summed E-state index contributed by atoms with van der Waals surface area (Å²) < 4.78 is 19.5. The fraction of sp³-hybridized carbons (Fsp3) is 0.200. The van der Waals surface area contributed by atoms with Crippen molar-refractivity contribution in [2.24, 2.45) is 0 Å². The highest BCUT2D eigenvalue weighted by molar-refractivity contribution is 5.97. The van der Waals surface area contributed by atoms with Crippen molar-refractivity contribution in [2.45, 2.75) is 19.4 Å². The summed E-state index contributed by atoms with van der Waals surface area (Å²) in [6, 6.07) is 14.2. The highest BCUT2D eigenvalue weighted by atomic mass is 19.1. The van der Waals surface area contributed by atoms with Crippen LogP contribution in [0.25, 0.3) is 5.69 Å². The molecule has 0 amide bonds. The third-order valence-corrected chi connectivity index (χ3v) is 4.15. The van der Waals surface area contributed by atoms with Crippen molar-refractivity contribution in [2.75, 3.05) is 12.4 Å². The summed E-state index contributed by atoms with van der Waals surface area (Å²) >= 11 is 0. The first kappa shape index (κ1) is 19.2. The van der Waals surface area contributed by atoms with Gasteiger partial charge < -0.3 is 10.1 Å². The minimum absolute atomic E-state index is 0.0753. The first-order valence-electron chi connectivity index (χ1n) is 8.60. The molecular weight excluding hydrogens is 363 g/mol. The van der Waals surface area contributed by atoms with Crippen molar-refractivity contribution in [1.29, 1.82) is 0 Å². The highest BCUT2D eigenvalue weighted by Crippen LogP contribution is 2.21. The van der Waals surface area contributed by atoms with E-state index in [-0.39, 0.29) is 17.3 Å². The van der Waals surface area contributed by atoms with E-state index in [2.05, 4.69) is 15.6 Å². The standard InChI is InChI=1S/C20H19FN4O3/c1-13(26)18-19(25(24-23-18)16-10-8-15(21)9-11-16)22-17(20(27)28-2)12-14-6-4-3-5-7-14/h3-11,17,22H,12H2,1-2H3. The van der Waals surface area contributed by atoms with E-state index in [1.165, 1.54) is 43.0 Å². The van der Waals surface area contributed by atoms with Crippen molar-refractivity contribution in [3.8, 4) is 5.69 Å². The van der Waals surface area contributed by atoms with E-state index >= 15 is 0 Å². The molecule has 2 aromatic carbocycles. The maximum atomic E-state index is 13.3. The molecule has 0 bridgehead atoms. The number of hydrogen-bond donors (Lipinski definition) is 1. The van der Waals surface area contributed by atoms with E-state index in [1.54, 1.807) is 0 Å². The van der Waals surface area contributed by atoms with Gasteiger partial charge in [0.05, 0.1) is 12.8 Å². The van der Waals surface area contributed by atoms with Crippen LogP contribution in [-0.2, 0) is 16.0 Å². The Hall–Kier alpha value is -3.55. The van der Waals surface area contributed by atoms with Crippen molar-refractivity contribution in [3.63, 3.8) is 0 Å². The van der Waals surface area contributed by atoms with Crippen LogP contribution in [0, 0.1) is 5.82 Å². The Bertz CT molecular complexity index is 971. The second kappa shape index (κ2) is 8.43. The molecule has 28 heavy (non-hydrogen) atoms. The van der Waals surface area contributed by atoms with Crippen LogP contribution in [0.3, 0.4) is 0 Å². The minimum Gasteiger partial charge on any atom is -0.467 e. The number of Topliss-reactive ketones (excluding diaryl/α,β-unsaturated/α-hetero) is 1. The molecule has 1 aromatic heterocycles. The number of rotatable bonds is 7. The van der Waals surface area contributed by atoms with Crippen molar-refractivity contribution in [3.05, 3.63) is 71.7 Å². The number of ether oxygens (including phenoxy) is 1. The van der Waals surface area contributed by atoms with Gasteiger partial charge in [-0.2, -0.15) is 4.68 Å². The molecule has 1 atom stereocenters. The van der Waals surface area contributed by atoms with Gasteiger partial charge in [0.25, 0.3) is 0 Å². The Morgan fingerprint density at radius 1 is 1.14 bits per heavy atom. The summed E-state index contributed by atoms with van der Waals surface area (Å²) in [6.45, 7) is 1.36. The largest absolute Gasteiger partial charge is 0.467 e. The van der Waals surface area contributed by atoms with Gasteiger partial charge in [0.2, 0.25) is 0 Å². The summed E-state index contributed by atoms with van der Waals surface area (Å²) in [5.41, 5.74) is 1.48. The normalized spacial score (nSPS) is 11.7. The van der Waals surface area contributed by atoms with E-state index in [0.29, 0.717) is 12.1 Å². The summed E-state index contributed by atoms with van der Waals surface area (Å²) in [7, 11) is 1.30. The number of benzene rings is 2. The number of ketones is 1. The predicted molar refractivity (Wildman–Crippen MR) is 101 cm³/mol. The third kappa shape index (κ3) is 4.22. The molecule has 1 unspecified atom stereocenters. The van der Waals surface area contributed by atoms with Gasteiger partial charge >= 0.3 is 5.97 Å². The second-order valence-corrected chi connectivity index (χ2v) is 6.14. The first-order chi connectivity index (χ1) is 13.5. The Morgan fingerprint density at radius 2 is 1.82 bits per heavy atom. The maximum absolute atomic E-state index is 13.3. The highest BCUT2D eigenvalue weighted by Gasteiger charge is 2.26. The van der Waals surface area contributed by atoms with Crippen molar-refractivity contribution in [1.82, 2.24) is 15.0 Å². The third-order valence-electron chi connectivity index (χ3n) is 4.15. The van der Waals surface area contributed by atoms with Crippen LogP contribution < -0.4 is 5.32 Å². The van der Waals surface area contributed by atoms with Gasteiger partial charge in [0, 0.05) is 13.3 Å². The number of halogens is 1. The number of nitrogens with one attached hydrogen (secondary N) is 1. The Balaban J connectivity index is 1.99. The molecule has 0 spiro atoms. The summed E-state index contributed by atoms with van der Waals surface area (Å²) in [5, 5.41) is 10.9. The molecule has 0 aliphatic carbocycles. The second-order valence-electron chi connectivity index (χ2n) is 6.14. The van der Waals surface area contributed by atoms with Gasteiger partial charge in [-0.15, -0.1) is 5.10 Å². The Labute approximate surface area is 161 Å². The van der Waals surface area contributed by atoms with Crippen LogP contribution in [-0.4, -0.2) is 39.9 Å². The molecule has 1 heterocycles. The van der Waals surface area contributed by atoms with E-state index in [0.717, 1.165) is 5.56 Å². The summed E-state index contributed by atoms with van der Waals surface area (Å²) in [5.74, 6) is -0.975. The van der Waals surface area contributed by atoms with Gasteiger partial charge in [-0.25, -0.2) is 9.18 Å². The lowest BCUT2D eigenvalue weighted by atomic mass is 10.1. The number of anilines is 1. The summed E-state index contributed by atoms with van der Waals surface area (Å²) in [4.78, 5) is 24.4. The molecule has 0 aliphatic rings. The zero-order valence-corrected chi connectivity index (χ0v) is 15.4. The molecule has 0 fully saturated rings. The van der Waals surface area contributed by atoms with Crippen LogP contribution >= 0.6 is 0 Å². The smallest absolute Gasteiger partial charge is 0.328 e. The predicted octanol–water partition coefficient (Wildman–Crippen LogP) is 2.81. The number of hydrogen-bond acceptors (Lipinski definition) is 6. The van der Waals surface area contributed by atoms with E-state index < -0.39 is 17.8 Å². The SMILES string of the molecule is COC(=O)C(Cc1ccccc1)Nc1c(C(C)=O)nnn1-c1ccc(F)cc1. The van der Waals surface area contributed by atoms with E-state index in [9.17, 15) is 14.0 Å². The van der Waals surface area contributed by atoms with E-state index in [1.807, 2.05) is 30.3 Å². The van der Waals surface area contributed by atoms with Crippen molar-refractivity contribution < 1.29 is 18.7 Å². The average Bonchev–Trinajstić information content (AvgIpc) is 3.12. The maximum Gasteiger partial charge on any atom is 0.328 e. The monoisotopic (exact) mass is 382 g/mol. The quantitative estimate of drug-likeness (QED) is 0.500. The Kier molecular flexibility index (Phi) is 5.78. The molecule has 3 rings (SSSR count). The molecule has 1 N–H and O–H groups in total. The van der Waals surface area contributed by atoms with Gasteiger partial charge in [0.1, 0.15) is 11.9 Å². The lowest BCUT2D eigenvalue weighted by Crippen LogP contribution is -2.34. The molecular formula is C20H19FN4O3. The fourth-order valence-electron chi connectivity index (χ4n) is 2.76. The lowest BCUT2D eigenvalue weighted by molar-refractivity contribution is -0.141. The van der Waals surface area contributed by atoms with Crippen LogP contribution in [0.4, 0.5) is 10.2 Å². The number of carbonyl (C=O) groups excluding carboxylic acids is 2. The molecule has 0 aliphatic heterocycles. The molecule has 0 radical (unpaired) electrons. The molecule has 0 saturated heterocycles. The number of esters is 1. The van der Waals surface area contributed by atoms with Crippen LogP contribution in [0.1, 0.15) is 23.0 Å². The molecule has 8 heteroatoms. The van der Waals surface area contributed by atoms with Gasteiger partial charge in [-0.1, -0.05) is 35.5 Å². The zero-order valence-electron chi connectivity index (χ0n) is 15.4.